The topological polar surface area (TPSA) is 81.5 Å². The van der Waals surface area contributed by atoms with E-state index >= 15 is 0 Å². The second-order valence-corrected chi connectivity index (χ2v) is 7.27. The average Bonchev–Trinajstić information content (AvgIpc) is 2.50. The van der Waals surface area contributed by atoms with Gasteiger partial charge in [-0.25, -0.2) is 8.42 Å². The number of nitrogens with zero attached hydrogens (tertiary/aromatic N) is 3. The molecule has 0 aliphatic rings. The van der Waals surface area contributed by atoms with Crippen molar-refractivity contribution in [3.63, 3.8) is 0 Å². The molecule has 7 heteroatoms. The molecule has 1 rings (SSSR count). The van der Waals surface area contributed by atoms with Crippen LogP contribution in [-0.4, -0.2) is 50.2 Å². The molecule has 22 heavy (non-hydrogen) atoms. The van der Waals surface area contributed by atoms with E-state index in [9.17, 15) is 13.2 Å². The maximum absolute atomic E-state index is 12.3. The highest BCUT2D eigenvalue weighted by atomic mass is 32.2. The summed E-state index contributed by atoms with van der Waals surface area (Å²) in [6, 6.07) is 7.67. The van der Waals surface area contributed by atoms with Crippen LogP contribution in [0.5, 0.6) is 0 Å². The number of rotatable bonds is 6. The minimum atomic E-state index is -3.55. The minimum absolute atomic E-state index is 0.150. The van der Waals surface area contributed by atoms with Gasteiger partial charge in [0.25, 0.3) is 5.91 Å². The Morgan fingerprint density at radius 1 is 1.23 bits per heavy atom. The summed E-state index contributed by atoms with van der Waals surface area (Å²) in [5, 5.41) is 8.53. The smallest absolute Gasteiger partial charge is 0.253 e. The van der Waals surface area contributed by atoms with Crippen molar-refractivity contribution in [1.29, 1.82) is 5.26 Å². The maximum Gasteiger partial charge on any atom is 0.253 e. The fraction of sp³-hybridized carbons (Fsp3) is 0.467. The Labute approximate surface area is 132 Å². The number of carbonyl (C=O) groups excluding carboxylic acids is 1. The Morgan fingerprint density at radius 3 is 2.23 bits per heavy atom. The van der Waals surface area contributed by atoms with Gasteiger partial charge in [0, 0.05) is 32.2 Å². The van der Waals surface area contributed by atoms with E-state index in [2.05, 4.69) is 0 Å². The van der Waals surface area contributed by atoms with E-state index in [1.807, 2.05) is 6.07 Å². The van der Waals surface area contributed by atoms with Crippen molar-refractivity contribution in [2.75, 3.05) is 20.6 Å². The third-order valence-electron chi connectivity index (χ3n) is 3.41. The van der Waals surface area contributed by atoms with Crippen LogP contribution in [0.1, 0.15) is 30.6 Å². The van der Waals surface area contributed by atoms with Crippen LogP contribution in [-0.2, 0) is 10.0 Å². The van der Waals surface area contributed by atoms with Crippen molar-refractivity contribution in [1.82, 2.24) is 9.21 Å². The number of carbonyl (C=O) groups is 1. The Hall–Kier alpha value is -1.91. The van der Waals surface area contributed by atoms with Crippen LogP contribution in [0, 0.1) is 11.3 Å². The lowest BCUT2D eigenvalue weighted by molar-refractivity contribution is 0.0798. The summed E-state index contributed by atoms with van der Waals surface area (Å²) in [6.07, 6.45) is 0.258. The molecule has 0 aliphatic heterocycles. The standard InChI is InChI=1S/C15H21N3O3S/c1-12(2)18(4)22(20,21)14-8-6-13(7-9-14)15(19)17(3)11-5-10-16/h6-9,12H,5,11H2,1-4H3. The van der Waals surface area contributed by atoms with Crippen molar-refractivity contribution in [3.05, 3.63) is 29.8 Å². The van der Waals surface area contributed by atoms with Crippen molar-refractivity contribution < 1.29 is 13.2 Å². The normalized spacial score (nSPS) is 11.5. The highest BCUT2D eigenvalue weighted by Gasteiger charge is 2.23. The minimum Gasteiger partial charge on any atom is -0.341 e. The predicted octanol–water partition coefficient (Wildman–Crippen LogP) is 1.70. The summed E-state index contributed by atoms with van der Waals surface area (Å²) in [6.45, 7) is 3.92. The quantitative estimate of drug-likeness (QED) is 0.798. The first-order valence-corrected chi connectivity index (χ1v) is 8.36. The van der Waals surface area contributed by atoms with Gasteiger partial charge >= 0.3 is 0 Å². The first-order valence-electron chi connectivity index (χ1n) is 6.92. The molecule has 0 fully saturated rings. The molecule has 0 heterocycles. The van der Waals surface area contributed by atoms with Crippen LogP contribution >= 0.6 is 0 Å². The highest BCUT2D eigenvalue weighted by Crippen LogP contribution is 2.17. The van der Waals surface area contributed by atoms with E-state index in [0.717, 1.165) is 0 Å². The molecule has 1 aromatic carbocycles. The summed E-state index contributed by atoms with van der Waals surface area (Å²) < 4.78 is 25.9. The van der Waals surface area contributed by atoms with Crippen molar-refractivity contribution >= 4 is 15.9 Å². The van der Waals surface area contributed by atoms with E-state index in [4.69, 9.17) is 5.26 Å². The van der Waals surface area contributed by atoms with Crippen LogP contribution in [0.4, 0.5) is 0 Å². The number of hydrogen-bond donors (Lipinski definition) is 0. The molecule has 0 bridgehead atoms. The lowest BCUT2D eigenvalue weighted by Gasteiger charge is -2.21. The van der Waals surface area contributed by atoms with Gasteiger partial charge in [-0.15, -0.1) is 0 Å². The number of nitriles is 1. The molecular weight excluding hydrogens is 302 g/mol. The zero-order valence-electron chi connectivity index (χ0n) is 13.3. The van der Waals surface area contributed by atoms with Gasteiger partial charge in [0.05, 0.1) is 17.4 Å². The third-order valence-corrected chi connectivity index (χ3v) is 5.46. The Bertz CT molecular complexity index is 660. The molecule has 0 aliphatic carbocycles. The summed E-state index contributed by atoms with van der Waals surface area (Å²) in [7, 11) is -0.419. The van der Waals surface area contributed by atoms with Gasteiger partial charge in [0.15, 0.2) is 0 Å². The van der Waals surface area contributed by atoms with E-state index < -0.39 is 10.0 Å². The monoisotopic (exact) mass is 323 g/mol. The third kappa shape index (κ3) is 4.06. The van der Waals surface area contributed by atoms with Gasteiger partial charge in [-0.3, -0.25) is 4.79 Å². The van der Waals surface area contributed by atoms with E-state index in [1.165, 1.54) is 40.5 Å². The number of benzene rings is 1. The maximum atomic E-state index is 12.3. The number of sulfonamides is 1. The molecule has 1 aromatic rings. The first kappa shape index (κ1) is 18.1. The molecule has 0 N–H and O–H groups in total. The zero-order valence-corrected chi connectivity index (χ0v) is 14.1. The molecule has 0 aromatic heterocycles. The molecule has 120 valence electrons. The van der Waals surface area contributed by atoms with Gasteiger partial charge in [-0.05, 0) is 38.1 Å². The largest absolute Gasteiger partial charge is 0.341 e. The fourth-order valence-corrected chi connectivity index (χ4v) is 3.12. The van der Waals surface area contributed by atoms with Gasteiger partial charge in [0.2, 0.25) is 10.0 Å². The lowest BCUT2D eigenvalue weighted by Crippen LogP contribution is -2.33. The van der Waals surface area contributed by atoms with Gasteiger partial charge in [0.1, 0.15) is 0 Å². The Morgan fingerprint density at radius 2 is 1.77 bits per heavy atom. The number of amides is 1. The molecule has 0 saturated heterocycles. The van der Waals surface area contributed by atoms with Gasteiger partial charge in [-0.2, -0.15) is 9.57 Å². The van der Waals surface area contributed by atoms with Crippen LogP contribution in [0.15, 0.2) is 29.2 Å². The SMILES string of the molecule is CC(C)N(C)S(=O)(=O)c1ccc(C(=O)N(C)CCC#N)cc1. The first-order chi connectivity index (χ1) is 10.2. The second-order valence-electron chi connectivity index (χ2n) is 5.27. The molecule has 0 saturated carbocycles. The van der Waals surface area contributed by atoms with Crippen molar-refractivity contribution in [2.24, 2.45) is 0 Å². The molecule has 0 atom stereocenters. The lowest BCUT2D eigenvalue weighted by atomic mass is 10.2. The summed E-state index contributed by atoms with van der Waals surface area (Å²) in [5.74, 6) is -0.239. The van der Waals surface area contributed by atoms with Crippen LogP contribution < -0.4 is 0 Å². The van der Waals surface area contributed by atoms with E-state index in [1.54, 1.807) is 20.9 Å². The van der Waals surface area contributed by atoms with Gasteiger partial charge in [-0.1, -0.05) is 0 Å². The summed E-state index contributed by atoms with van der Waals surface area (Å²) in [4.78, 5) is 13.7. The van der Waals surface area contributed by atoms with Crippen molar-refractivity contribution in [2.45, 2.75) is 31.2 Å². The molecule has 1 amide bonds. The summed E-state index contributed by atoms with van der Waals surface area (Å²) >= 11 is 0. The molecule has 6 nitrogen and oxygen atoms in total. The number of hydrogen-bond acceptors (Lipinski definition) is 4. The Kier molecular flexibility index (Phi) is 6.09. The van der Waals surface area contributed by atoms with Crippen LogP contribution in [0.2, 0.25) is 0 Å². The molecule has 0 spiro atoms. The summed E-state index contributed by atoms with van der Waals surface area (Å²) in [5.41, 5.74) is 0.395. The second kappa shape index (κ2) is 7.38. The predicted molar refractivity (Wildman–Crippen MR) is 83.7 cm³/mol. The molecule has 0 unspecified atom stereocenters. The molecule has 0 radical (unpaired) electrons. The average molecular weight is 323 g/mol. The van der Waals surface area contributed by atoms with Crippen molar-refractivity contribution in [3.8, 4) is 6.07 Å². The van der Waals surface area contributed by atoms with Gasteiger partial charge < -0.3 is 4.90 Å². The van der Waals surface area contributed by atoms with Crippen LogP contribution in [0.3, 0.4) is 0 Å². The Balaban J connectivity index is 2.96. The molecular formula is C15H21N3O3S. The van der Waals surface area contributed by atoms with E-state index in [0.29, 0.717) is 12.1 Å². The zero-order chi connectivity index (χ0) is 16.9. The highest BCUT2D eigenvalue weighted by molar-refractivity contribution is 7.89. The van der Waals surface area contributed by atoms with E-state index in [-0.39, 0.29) is 23.3 Å². The fourth-order valence-electron chi connectivity index (χ4n) is 1.75. The van der Waals surface area contributed by atoms with Crippen LogP contribution in [0.25, 0.3) is 0 Å².